The molecule has 0 aliphatic rings. The summed E-state index contributed by atoms with van der Waals surface area (Å²) in [5.74, 6) is 0.184. The molecule has 1 atom stereocenters. The van der Waals surface area contributed by atoms with Crippen LogP contribution in [0.5, 0.6) is 0 Å². The van der Waals surface area contributed by atoms with E-state index < -0.39 is 0 Å². The minimum absolute atomic E-state index is 0.0397. The summed E-state index contributed by atoms with van der Waals surface area (Å²) in [7, 11) is 0. The van der Waals surface area contributed by atoms with Gasteiger partial charge in [0.25, 0.3) is 0 Å². The van der Waals surface area contributed by atoms with Crippen LogP contribution < -0.4 is 10.6 Å². The van der Waals surface area contributed by atoms with Gasteiger partial charge in [-0.15, -0.1) is 0 Å². The van der Waals surface area contributed by atoms with Crippen molar-refractivity contribution in [1.82, 2.24) is 10.5 Å². The van der Waals surface area contributed by atoms with Crippen molar-refractivity contribution < 1.29 is 9.32 Å². The quantitative estimate of drug-likeness (QED) is 0.869. The van der Waals surface area contributed by atoms with Crippen molar-refractivity contribution in [2.75, 3.05) is 11.9 Å². The average Bonchev–Trinajstić information content (AvgIpc) is 2.94. The topological polar surface area (TPSA) is 67.2 Å². The summed E-state index contributed by atoms with van der Waals surface area (Å²) in [6.45, 7) is 8.27. The molecule has 23 heavy (non-hydrogen) atoms. The van der Waals surface area contributed by atoms with Crippen molar-refractivity contribution in [2.45, 2.75) is 39.2 Å². The molecule has 0 unspecified atom stereocenters. The molecule has 124 valence electrons. The molecule has 0 radical (unpaired) electrons. The minimum atomic E-state index is -0.178. The average molecular weight is 336 g/mol. The summed E-state index contributed by atoms with van der Waals surface area (Å²) in [6, 6.07) is 9.32. The Morgan fingerprint density at radius 1 is 1.30 bits per heavy atom. The van der Waals surface area contributed by atoms with Gasteiger partial charge in [0.15, 0.2) is 0 Å². The Kier molecular flexibility index (Phi) is 5.44. The van der Waals surface area contributed by atoms with Crippen LogP contribution in [-0.2, 0) is 10.2 Å². The Morgan fingerprint density at radius 3 is 2.52 bits per heavy atom. The van der Waals surface area contributed by atoms with Crippen LogP contribution in [0.25, 0.3) is 0 Å². The van der Waals surface area contributed by atoms with Crippen molar-refractivity contribution in [1.29, 1.82) is 0 Å². The highest BCUT2D eigenvalue weighted by molar-refractivity contribution is 6.30. The third-order valence-electron chi connectivity index (χ3n) is 3.48. The molecule has 5 nitrogen and oxygen atoms in total. The lowest BCUT2D eigenvalue weighted by Crippen LogP contribution is -2.30. The summed E-state index contributed by atoms with van der Waals surface area (Å²) >= 11 is 5.87. The highest BCUT2D eigenvalue weighted by Gasteiger charge is 2.19. The summed E-state index contributed by atoms with van der Waals surface area (Å²) in [4.78, 5) is 12.0. The van der Waals surface area contributed by atoms with E-state index in [1.165, 1.54) is 0 Å². The van der Waals surface area contributed by atoms with Crippen LogP contribution in [0.15, 0.2) is 34.9 Å². The van der Waals surface area contributed by atoms with Crippen LogP contribution >= 0.6 is 11.6 Å². The van der Waals surface area contributed by atoms with Gasteiger partial charge < -0.3 is 9.84 Å². The number of anilines is 1. The van der Waals surface area contributed by atoms with Crippen molar-refractivity contribution in [3.05, 3.63) is 46.6 Å². The van der Waals surface area contributed by atoms with Gasteiger partial charge in [0, 0.05) is 22.5 Å². The van der Waals surface area contributed by atoms with E-state index in [2.05, 4.69) is 15.8 Å². The first-order chi connectivity index (χ1) is 10.8. The molecule has 0 aliphatic heterocycles. The first kappa shape index (κ1) is 17.5. The monoisotopic (exact) mass is 335 g/mol. The normalized spacial score (nSPS) is 12.9. The lowest BCUT2D eigenvalue weighted by molar-refractivity contribution is -0.115. The number of carbonyl (C=O) groups is 1. The Morgan fingerprint density at radius 2 is 1.96 bits per heavy atom. The van der Waals surface area contributed by atoms with Crippen LogP contribution in [0, 0.1) is 0 Å². The highest BCUT2D eigenvalue weighted by Crippen LogP contribution is 2.23. The van der Waals surface area contributed by atoms with Crippen LogP contribution in [0.1, 0.15) is 45.0 Å². The SMILES string of the molecule is C[C@@H](NCC(=O)Nc1cc(C(C)(C)C)no1)c1ccc(Cl)cc1. The van der Waals surface area contributed by atoms with E-state index in [0.29, 0.717) is 10.9 Å². The predicted octanol–water partition coefficient (Wildman–Crippen LogP) is 3.91. The van der Waals surface area contributed by atoms with Gasteiger partial charge in [-0.2, -0.15) is 0 Å². The molecule has 0 fully saturated rings. The van der Waals surface area contributed by atoms with Crippen LogP contribution in [0.4, 0.5) is 5.88 Å². The molecule has 0 spiro atoms. The maximum Gasteiger partial charge on any atom is 0.240 e. The van der Waals surface area contributed by atoms with Crippen molar-refractivity contribution >= 4 is 23.4 Å². The number of aromatic nitrogens is 1. The summed E-state index contributed by atoms with van der Waals surface area (Å²) < 4.78 is 5.14. The smallest absolute Gasteiger partial charge is 0.240 e. The largest absolute Gasteiger partial charge is 0.338 e. The van der Waals surface area contributed by atoms with Gasteiger partial charge in [-0.3, -0.25) is 10.1 Å². The van der Waals surface area contributed by atoms with Crippen LogP contribution in [0.3, 0.4) is 0 Å². The number of hydrogen-bond donors (Lipinski definition) is 2. The Hall–Kier alpha value is -1.85. The fourth-order valence-corrected chi connectivity index (χ4v) is 2.11. The molecule has 0 saturated carbocycles. The number of carbonyl (C=O) groups excluding carboxylic acids is 1. The number of nitrogens with one attached hydrogen (secondary N) is 2. The predicted molar refractivity (Wildman–Crippen MR) is 91.7 cm³/mol. The maximum atomic E-state index is 12.0. The van der Waals surface area contributed by atoms with Crippen molar-refractivity contribution in [3.63, 3.8) is 0 Å². The fraction of sp³-hybridized carbons (Fsp3) is 0.412. The molecule has 0 saturated heterocycles. The van der Waals surface area contributed by atoms with Gasteiger partial charge in [0.05, 0.1) is 12.2 Å². The second-order valence-corrected chi connectivity index (χ2v) is 6.97. The second kappa shape index (κ2) is 7.15. The van der Waals surface area contributed by atoms with Crippen LogP contribution in [-0.4, -0.2) is 17.6 Å². The molecule has 0 bridgehead atoms. The van der Waals surface area contributed by atoms with E-state index in [4.69, 9.17) is 16.1 Å². The molecule has 6 heteroatoms. The lowest BCUT2D eigenvalue weighted by atomic mass is 9.92. The van der Waals surface area contributed by atoms with Crippen molar-refractivity contribution in [3.8, 4) is 0 Å². The Labute approximate surface area is 141 Å². The van der Waals surface area contributed by atoms with Gasteiger partial charge in [-0.05, 0) is 24.6 Å². The maximum absolute atomic E-state index is 12.0. The number of nitrogens with zero attached hydrogens (tertiary/aromatic N) is 1. The highest BCUT2D eigenvalue weighted by atomic mass is 35.5. The number of benzene rings is 1. The summed E-state index contributed by atoms with van der Waals surface area (Å²) in [5.41, 5.74) is 1.75. The van der Waals surface area contributed by atoms with E-state index in [0.717, 1.165) is 11.3 Å². The molecular formula is C17H22ClN3O2. The zero-order valence-corrected chi connectivity index (χ0v) is 14.6. The van der Waals surface area contributed by atoms with E-state index >= 15 is 0 Å². The molecule has 1 aromatic carbocycles. The number of rotatable bonds is 5. The van der Waals surface area contributed by atoms with Gasteiger partial charge in [0.2, 0.25) is 11.8 Å². The van der Waals surface area contributed by atoms with E-state index in [9.17, 15) is 4.79 Å². The van der Waals surface area contributed by atoms with Gasteiger partial charge in [0.1, 0.15) is 0 Å². The molecule has 2 rings (SSSR count). The number of halogens is 1. The van der Waals surface area contributed by atoms with Crippen LogP contribution in [0.2, 0.25) is 5.02 Å². The molecule has 1 amide bonds. The van der Waals surface area contributed by atoms with Crippen molar-refractivity contribution in [2.24, 2.45) is 0 Å². The zero-order chi connectivity index (χ0) is 17.0. The molecule has 1 heterocycles. The second-order valence-electron chi connectivity index (χ2n) is 6.53. The standard InChI is InChI=1S/C17H22ClN3O2/c1-11(12-5-7-13(18)8-6-12)19-10-15(22)20-16-9-14(21-23-16)17(2,3)4/h5-9,11,19H,10H2,1-4H3,(H,20,22)/t11-/m1/s1. The lowest BCUT2D eigenvalue weighted by Gasteiger charge is -2.13. The third kappa shape index (κ3) is 5.08. The minimum Gasteiger partial charge on any atom is -0.338 e. The Bertz CT molecular complexity index is 659. The third-order valence-corrected chi connectivity index (χ3v) is 3.73. The first-order valence-corrected chi connectivity index (χ1v) is 7.89. The Balaban J connectivity index is 1.85. The molecule has 0 aliphatic carbocycles. The van der Waals surface area contributed by atoms with Gasteiger partial charge in [-0.25, -0.2) is 0 Å². The first-order valence-electron chi connectivity index (χ1n) is 7.51. The van der Waals surface area contributed by atoms with E-state index in [1.54, 1.807) is 6.07 Å². The number of hydrogen-bond acceptors (Lipinski definition) is 4. The number of amides is 1. The molecule has 2 aromatic rings. The molecular weight excluding hydrogens is 314 g/mol. The van der Waals surface area contributed by atoms with Gasteiger partial charge >= 0.3 is 0 Å². The zero-order valence-electron chi connectivity index (χ0n) is 13.8. The summed E-state index contributed by atoms with van der Waals surface area (Å²) in [6.07, 6.45) is 0. The molecule has 2 N–H and O–H groups in total. The van der Waals surface area contributed by atoms with E-state index in [1.807, 2.05) is 52.0 Å². The summed E-state index contributed by atoms with van der Waals surface area (Å²) in [5, 5.41) is 10.5. The van der Waals surface area contributed by atoms with Gasteiger partial charge in [-0.1, -0.05) is 49.7 Å². The fourth-order valence-electron chi connectivity index (χ4n) is 1.98. The molecule has 1 aromatic heterocycles. The van der Waals surface area contributed by atoms with E-state index in [-0.39, 0.29) is 23.9 Å².